The lowest BCUT2D eigenvalue weighted by atomic mass is 10.3. The summed E-state index contributed by atoms with van der Waals surface area (Å²) >= 11 is 20.7. The summed E-state index contributed by atoms with van der Waals surface area (Å²) in [5, 5.41) is -0.0548. The monoisotopic (exact) mass is 380 g/mol. The number of benzene rings is 1. The number of hydrogen-bond donors (Lipinski definition) is 0. The molecule has 0 spiro atoms. The minimum absolute atomic E-state index is 0.0178. The van der Waals surface area contributed by atoms with Gasteiger partial charge in [-0.1, -0.05) is 34.8 Å². The maximum absolute atomic E-state index is 12.7. The van der Waals surface area contributed by atoms with Crippen LogP contribution in [-0.2, 0) is 13.2 Å². The molecule has 1 aromatic carbocycles. The lowest BCUT2D eigenvalue weighted by Crippen LogP contribution is -2.12. The lowest BCUT2D eigenvalue weighted by molar-refractivity contribution is -0.146. The Hall–Kier alpha value is -0.170. The Balaban J connectivity index is 2.98. The molecule has 0 unspecified atom stereocenters. The summed E-state index contributed by atoms with van der Waals surface area (Å²) in [5.41, 5.74) is 0.0921. The molecular formula is C9H3BrCl3F3N2. The fraction of sp³-hybridized carbons (Fsp3) is 0.222. The Bertz CT molecular complexity index is 651. The molecule has 2 nitrogen and oxygen atoms in total. The van der Waals surface area contributed by atoms with Crippen LogP contribution in [0.25, 0.3) is 11.0 Å². The summed E-state index contributed by atoms with van der Waals surface area (Å²) in [6, 6.07) is 0. The summed E-state index contributed by atoms with van der Waals surface area (Å²) in [5.74, 6) is -1.07. The molecule has 0 bridgehead atoms. The van der Waals surface area contributed by atoms with Crippen molar-refractivity contribution in [2.24, 2.45) is 7.05 Å². The average Bonchev–Trinajstić information content (AvgIpc) is 2.61. The zero-order valence-corrected chi connectivity index (χ0v) is 12.4. The molecule has 0 saturated heterocycles. The molecule has 0 aliphatic rings. The molecule has 0 aliphatic heterocycles. The number of alkyl halides is 3. The van der Waals surface area contributed by atoms with E-state index in [2.05, 4.69) is 20.9 Å². The van der Waals surface area contributed by atoms with Crippen LogP contribution in [0.2, 0.25) is 15.1 Å². The third kappa shape index (κ3) is 1.99. The highest BCUT2D eigenvalue weighted by Gasteiger charge is 2.38. The van der Waals surface area contributed by atoms with E-state index in [-0.39, 0.29) is 30.6 Å². The number of rotatable bonds is 0. The molecule has 0 atom stereocenters. The number of fused-ring (bicyclic) bond motifs is 1. The van der Waals surface area contributed by atoms with Gasteiger partial charge in [-0.3, -0.25) is 0 Å². The number of aryl methyl sites for hydroxylation is 1. The van der Waals surface area contributed by atoms with Crippen LogP contribution in [0.4, 0.5) is 13.2 Å². The van der Waals surface area contributed by atoms with Gasteiger partial charge in [0.25, 0.3) is 0 Å². The van der Waals surface area contributed by atoms with Gasteiger partial charge in [-0.25, -0.2) is 4.98 Å². The molecule has 0 fully saturated rings. The second kappa shape index (κ2) is 4.44. The predicted octanol–water partition coefficient (Wildman–Crippen LogP) is 5.31. The fourth-order valence-electron chi connectivity index (χ4n) is 1.56. The van der Waals surface area contributed by atoms with E-state index in [0.717, 1.165) is 4.57 Å². The smallest absolute Gasteiger partial charge is 0.322 e. The van der Waals surface area contributed by atoms with Gasteiger partial charge in [0.15, 0.2) is 0 Å². The largest absolute Gasteiger partial charge is 0.449 e. The Kier molecular flexibility index (Phi) is 3.51. The average molecular weight is 382 g/mol. The summed E-state index contributed by atoms with van der Waals surface area (Å²) in [6.07, 6.45) is -4.59. The first-order chi connectivity index (χ1) is 8.16. The zero-order valence-electron chi connectivity index (χ0n) is 8.54. The molecule has 98 valence electrons. The highest BCUT2D eigenvalue weighted by Crippen LogP contribution is 2.44. The maximum Gasteiger partial charge on any atom is 0.449 e. The van der Waals surface area contributed by atoms with E-state index >= 15 is 0 Å². The summed E-state index contributed by atoms with van der Waals surface area (Å²) in [6.45, 7) is 0. The van der Waals surface area contributed by atoms with Crippen molar-refractivity contribution in [3.8, 4) is 0 Å². The van der Waals surface area contributed by atoms with Gasteiger partial charge >= 0.3 is 6.18 Å². The lowest BCUT2D eigenvalue weighted by Gasteiger charge is -2.07. The Morgan fingerprint density at radius 3 is 2.17 bits per heavy atom. The van der Waals surface area contributed by atoms with Crippen molar-refractivity contribution in [3.05, 3.63) is 25.4 Å². The van der Waals surface area contributed by atoms with Crippen LogP contribution in [0.5, 0.6) is 0 Å². The van der Waals surface area contributed by atoms with Gasteiger partial charge < -0.3 is 4.57 Å². The molecule has 1 heterocycles. The number of imidazole rings is 1. The van der Waals surface area contributed by atoms with Crippen LogP contribution < -0.4 is 0 Å². The number of halogens is 7. The number of nitrogens with zero attached hydrogens (tertiary/aromatic N) is 2. The molecule has 1 aromatic heterocycles. The molecule has 2 aromatic rings. The number of hydrogen-bond acceptors (Lipinski definition) is 1. The van der Waals surface area contributed by atoms with Gasteiger partial charge in [-0.15, -0.1) is 0 Å². The minimum atomic E-state index is -4.59. The van der Waals surface area contributed by atoms with Gasteiger partial charge in [0.2, 0.25) is 5.82 Å². The van der Waals surface area contributed by atoms with E-state index in [0.29, 0.717) is 0 Å². The predicted molar refractivity (Wildman–Crippen MR) is 68.4 cm³/mol. The fourth-order valence-corrected chi connectivity index (χ4v) is 2.87. The molecule has 18 heavy (non-hydrogen) atoms. The summed E-state index contributed by atoms with van der Waals surface area (Å²) in [7, 11) is 1.21. The molecule has 0 N–H and O–H groups in total. The van der Waals surface area contributed by atoms with Gasteiger partial charge in [0.1, 0.15) is 5.52 Å². The normalized spacial score (nSPS) is 12.4. The van der Waals surface area contributed by atoms with Crippen LogP contribution >= 0.6 is 50.7 Å². The van der Waals surface area contributed by atoms with E-state index < -0.39 is 12.0 Å². The van der Waals surface area contributed by atoms with Gasteiger partial charge in [0.05, 0.1) is 25.1 Å². The third-order valence-corrected chi connectivity index (χ3v) is 4.66. The second-order valence-corrected chi connectivity index (χ2v) is 5.37. The van der Waals surface area contributed by atoms with Crippen LogP contribution in [0, 0.1) is 0 Å². The van der Waals surface area contributed by atoms with Crippen LogP contribution in [0.3, 0.4) is 0 Å². The topological polar surface area (TPSA) is 17.8 Å². The van der Waals surface area contributed by atoms with Crippen molar-refractivity contribution in [2.45, 2.75) is 6.18 Å². The van der Waals surface area contributed by atoms with E-state index in [1.54, 1.807) is 0 Å². The number of aromatic nitrogens is 2. The summed E-state index contributed by atoms with van der Waals surface area (Å²) < 4.78 is 39.2. The van der Waals surface area contributed by atoms with Crippen LogP contribution in [-0.4, -0.2) is 9.55 Å². The molecule has 0 radical (unpaired) electrons. The molecule has 0 saturated carbocycles. The first kappa shape index (κ1) is 14.2. The SMILES string of the molecule is Cn1c(C(F)(F)F)nc2c(Br)c(Cl)c(Cl)c(Cl)c21. The zero-order chi connectivity index (χ0) is 13.8. The quantitative estimate of drug-likeness (QED) is 0.446. The highest BCUT2D eigenvalue weighted by molar-refractivity contribution is 9.10. The standard InChI is InChI=1S/C9H3BrCl3F3N2/c1-18-7-5(13)4(12)3(11)2(10)6(7)17-8(18)9(14,15)16/h1H3. The van der Waals surface area contributed by atoms with E-state index in [1.807, 2.05) is 0 Å². The van der Waals surface area contributed by atoms with Crippen molar-refractivity contribution in [3.63, 3.8) is 0 Å². The van der Waals surface area contributed by atoms with Crippen molar-refractivity contribution < 1.29 is 13.2 Å². The Labute approximate surface area is 123 Å². The molecular weight excluding hydrogens is 379 g/mol. The minimum Gasteiger partial charge on any atom is -0.322 e. The first-order valence-corrected chi connectivity index (χ1v) is 6.34. The van der Waals surface area contributed by atoms with Crippen molar-refractivity contribution in [1.82, 2.24) is 9.55 Å². The van der Waals surface area contributed by atoms with Gasteiger partial charge in [-0.2, -0.15) is 13.2 Å². The van der Waals surface area contributed by atoms with Gasteiger partial charge in [-0.05, 0) is 15.9 Å². The Morgan fingerprint density at radius 2 is 1.67 bits per heavy atom. The Morgan fingerprint density at radius 1 is 1.11 bits per heavy atom. The highest BCUT2D eigenvalue weighted by atomic mass is 79.9. The second-order valence-electron chi connectivity index (χ2n) is 3.45. The van der Waals surface area contributed by atoms with E-state index in [4.69, 9.17) is 34.8 Å². The molecule has 0 amide bonds. The van der Waals surface area contributed by atoms with Crippen molar-refractivity contribution in [2.75, 3.05) is 0 Å². The van der Waals surface area contributed by atoms with Crippen LogP contribution in [0.15, 0.2) is 4.47 Å². The van der Waals surface area contributed by atoms with Crippen molar-refractivity contribution >= 4 is 61.8 Å². The molecule has 9 heteroatoms. The maximum atomic E-state index is 12.7. The van der Waals surface area contributed by atoms with Gasteiger partial charge in [0, 0.05) is 7.05 Å². The van der Waals surface area contributed by atoms with Crippen molar-refractivity contribution in [1.29, 1.82) is 0 Å². The molecule has 0 aliphatic carbocycles. The first-order valence-electron chi connectivity index (χ1n) is 4.41. The molecule has 2 rings (SSSR count). The van der Waals surface area contributed by atoms with E-state index in [9.17, 15) is 13.2 Å². The van der Waals surface area contributed by atoms with E-state index in [1.165, 1.54) is 7.05 Å². The third-order valence-electron chi connectivity index (χ3n) is 2.34. The summed E-state index contributed by atoms with van der Waals surface area (Å²) in [4.78, 5) is 3.51. The van der Waals surface area contributed by atoms with Crippen LogP contribution in [0.1, 0.15) is 5.82 Å².